The van der Waals surface area contributed by atoms with Crippen LogP contribution in [0.15, 0.2) is 109 Å². The third-order valence-corrected chi connectivity index (χ3v) is 9.39. The fourth-order valence-corrected chi connectivity index (χ4v) is 6.95. The molecule has 0 spiro atoms. The van der Waals surface area contributed by atoms with Gasteiger partial charge in [-0.1, -0.05) is 85.3 Å². The van der Waals surface area contributed by atoms with Crippen LogP contribution in [-0.4, -0.2) is 37.2 Å². The first kappa shape index (κ1) is 33.1. The predicted octanol–water partition coefficient (Wildman–Crippen LogP) is 9.74. The molecule has 244 valence electrons. The highest BCUT2D eigenvalue weighted by Gasteiger charge is 2.43. The summed E-state index contributed by atoms with van der Waals surface area (Å²) in [4.78, 5) is 14.9. The number of esters is 1. The number of ether oxygens (including phenoxy) is 1. The largest absolute Gasteiger partial charge is 0.458 e. The Hall–Kier alpha value is -4.78. The molecule has 1 saturated carbocycles. The first-order valence-corrected chi connectivity index (χ1v) is 16.4. The van der Waals surface area contributed by atoms with Gasteiger partial charge in [-0.05, 0) is 82.6 Å². The number of nitrogens with zero attached hydrogens (tertiary/aromatic N) is 2. The third-order valence-electron chi connectivity index (χ3n) is 8.74. The Morgan fingerprint density at radius 2 is 1.60 bits per heavy atom. The molecule has 0 radical (unpaired) electrons. The molecule has 3 atom stereocenters. The topological polar surface area (TPSA) is 62.6 Å². The zero-order valence-corrected chi connectivity index (χ0v) is 27.0. The van der Waals surface area contributed by atoms with Crippen LogP contribution < -0.4 is 4.90 Å². The molecule has 0 aromatic heterocycles. The number of carbonyl (C=O) groups excluding carboxylic acids is 1. The monoisotopic (exact) mass is 666 g/mol. The predicted molar refractivity (Wildman–Crippen MR) is 184 cm³/mol. The zero-order chi connectivity index (χ0) is 33.7. The third kappa shape index (κ3) is 7.05. The van der Waals surface area contributed by atoms with Gasteiger partial charge in [0.25, 0.3) is 0 Å². The van der Waals surface area contributed by atoms with Crippen molar-refractivity contribution in [1.82, 2.24) is 0 Å². The quantitative estimate of drug-likeness (QED) is 0.0522. The lowest BCUT2D eigenvalue weighted by molar-refractivity contribution is -0.143. The molecule has 5 nitrogen and oxygen atoms in total. The van der Waals surface area contributed by atoms with Crippen LogP contribution in [0.1, 0.15) is 53.0 Å². The van der Waals surface area contributed by atoms with Gasteiger partial charge in [-0.25, -0.2) is 9.18 Å². The van der Waals surface area contributed by atoms with Crippen molar-refractivity contribution in [3.05, 3.63) is 137 Å². The summed E-state index contributed by atoms with van der Waals surface area (Å²) >= 11 is -0.357. The maximum absolute atomic E-state index is 14.0. The summed E-state index contributed by atoms with van der Waals surface area (Å²) in [5.74, 6) is -0.892. The van der Waals surface area contributed by atoms with Gasteiger partial charge in [0, 0.05) is 23.3 Å². The van der Waals surface area contributed by atoms with E-state index in [1.165, 1.54) is 6.08 Å². The smallest absolute Gasteiger partial charge is 0.351 e. The van der Waals surface area contributed by atoms with Gasteiger partial charge in [-0.3, -0.25) is 0 Å². The highest BCUT2D eigenvalue weighted by Crippen LogP contribution is 2.52. The molecule has 1 aliphatic heterocycles. The molecule has 1 aliphatic carbocycles. The molecule has 2 aliphatic rings. The van der Waals surface area contributed by atoms with Gasteiger partial charge in [0.2, 0.25) is 6.17 Å². The number of rotatable bonds is 11. The Morgan fingerprint density at radius 1 is 0.958 bits per heavy atom. The fourth-order valence-electron chi connectivity index (χ4n) is 6.56. The van der Waals surface area contributed by atoms with Crippen molar-refractivity contribution in [3.63, 3.8) is 0 Å². The summed E-state index contributed by atoms with van der Waals surface area (Å²) in [6.07, 6.45) is 3.89. The lowest BCUT2D eigenvalue weighted by Gasteiger charge is -2.27. The Balaban J connectivity index is 1.24. The van der Waals surface area contributed by atoms with E-state index in [0.29, 0.717) is 5.56 Å². The van der Waals surface area contributed by atoms with E-state index >= 15 is 0 Å². The van der Waals surface area contributed by atoms with Gasteiger partial charge in [0.15, 0.2) is 0 Å². The average Bonchev–Trinajstić information content (AvgIpc) is 3.70. The van der Waals surface area contributed by atoms with Crippen molar-refractivity contribution in [2.24, 2.45) is 0 Å². The van der Waals surface area contributed by atoms with E-state index < -0.39 is 29.6 Å². The zero-order valence-electron chi connectivity index (χ0n) is 26.2. The summed E-state index contributed by atoms with van der Waals surface area (Å²) in [6, 6.07) is 37.0. The molecule has 1 fully saturated rings. The maximum Gasteiger partial charge on any atom is 0.351 e. The van der Waals surface area contributed by atoms with Gasteiger partial charge < -0.3 is 13.8 Å². The van der Waals surface area contributed by atoms with E-state index in [9.17, 15) is 23.2 Å². The van der Waals surface area contributed by atoms with Crippen LogP contribution in [0.2, 0.25) is 0 Å². The molecular weight excluding hydrogens is 634 g/mol. The molecule has 0 amide bonds. The number of alkyl halides is 3. The van der Waals surface area contributed by atoms with Gasteiger partial charge in [0.05, 0.1) is 19.2 Å². The van der Waals surface area contributed by atoms with Crippen LogP contribution in [0.3, 0.4) is 0 Å². The molecule has 0 bridgehead atoms. The van der Waals surface area contributed by atoms with E-state index in [2.05, 4.69) is 63.7 Å². The van der Waals surface area contributed by atoms with E-state index in [1.807, 2.05) is 54.6 Å². The number of fused-ring (bicyclic) bond motifs is 3. The van der Waals surface area contributed by atoms with Crippen LogP contribution >= 0.6 is 12.0 Å². The van der Waals surface area contributed by atoms with Crippen LogP contribution in [-0.2, 0) is 13.7 Å². The van der Waals surface area contributed by atoms with Crippen molar-refractivity contribution in [1.29, 1.82) is 5.26 Å². The number of carbonyl (C=O) groups is 1. The standard InChI is InChI=1S/C39H33F3N2O3S/c1-46-48-39(41,42)37(40)25-47-38(45)30(24-43)21-27-17-20-36-34(23-27)32-13-8-14-35(32)44(36)31-18-15-26(16-19-31)22-33(28-9-4-2-5-10-28)29-11-6-3-7-12-29/h2-7,9-12,15-23,32,35,37H,8,13-14,25H2,1H3/b30-21+. The fraction of sp³-hybridized carbons (Fsp3) is 0.231. The molecule has 1 heterocycles. The van der Waals surface area contributed by atoms with E-state index in [4.69, 9.17) is 4.74 Å². The van der Waals surface area contributed by atoms with Gasteiger partial charge in [0.1, 0.15) is 18.2 Å². The van der Waals surface area contributed by atoms with Crippen LogP contribution in [0.5, 0.6) is 0 Å². The van der Waals surface area contributed by atoms with Crippen molar-refractivity contribution < 1.29 is 26.9 Å². The first-order valence-electron chi connectivity index (χ1n) is 15.7. The normalized spacial score (nSPS) is 17.6. The maximum atomic E-state index is 14.0. The van der Waals surface area contributed by atoms with Crippen molar-refractivity contribution >= 4 is 47.1 Å². The Morgan fingerprint density at radius 3 is 2.23 bits per heavy atom. The van der Waals surface area contributed by atoms with E-state index in [0.717, 1.165) is 65.6 Å². The molecule has 0 N–H and O–H groups in total. The van der Waals surface area contributed by atoms with Crippen LogP contribution in [0, 0.1) is 11.3 Å². The number of hydrogen-bond donors (Lipinski definition) is 0. The molecular formula is C39H33F3N2O3S. The number of benzene rings is 4. The summed E-state index contributed by atoms with van der Waals surface area (Å²) in [5, 5.41) is 5.71. The second kappa shape index (κ2) is 14.5. The number of halogens is 3. The van der Waals surface area contributed by atoms with Gasteiger partial charge in [-0.2, -0.15) is 14.0 Å². The van der Waals surface area contributed by atoms with Gasteiger partial charge in [-0.15, -0.1) is 0 Å². The first-order chi connectivity index (χ1) is 23.3. The second-order valence-corrected chi connectivity index (χ2v) is 12.8. The number of hydrogen-bond acceptors (Lipinski definition) is 6. The summed E-state index contributed by atoms with van der Waals surface area (Å²) < 4.78 is 50.3. The number of anilines is 2. The van der Waals surface area contributed by atoms with Crippen molar-refractivity contribution in [3.8, 4) is 6.07 Å². The Kier molecular flexibility index (Phi) is 10.0. The van der Waals surface area contributed by atoms with E-state index in [1.54, 1.807) is 6.07 Å². The lowest BCUT2D eigenvalue weighted by Crippen LogP contribution is -2.31. The summed E-state index contributed by atoms with van der Waals surface area (Å²) in [5.41, 5.74) is 7.97. The minimum absolute atomic E-state index is 0.276. The minimum atomic E-state index is -3.90. The van der Waals surface area contributed by atoms with Gasteiger partial charge >= 0.3 is 11.2 Å². The molecule has 48 heavy (non-hydrogen) atoms. The average molecular weight is 667 g/mol. The lowest BCUT2D eigenvalue weighted by atomic mass is 9.95. The molecule has 4 aromatic rings. The second-order valence-electron chi connectivity index (χ2n) is 11.7. The number of nitriles is 1. The molecule has 0 saturated heterocycles. The van der Waals surface area contributed by atoms with E-state index in [-0.39, 0.29) is 24.0 Å². The highest BCUT2D eigenvalue weighted by atomic mass is 32.2. The highest BCUT2D eigenvalue weighted by molar-refractivity contribution is 7.95. The Labute approximate surface area is 282 Å². The molecule has 4 aromatic carbocycles. The van der Waals surface area contributed by atoms with Crippen LogP contribution in [0.4, 0.5) is 24.5 Å². The minimum Gasteiger partial charge on any atom is -0.458 e. The van der Waals surface area contributed by atoms with Crippen molar-refractivity contribution in [2.75, 3.05) is 18.6 Å². The molecule has 6 rings (SSSR count). The van der Waals surface area contributed by atoms with Crippen LogP contribution in [0.25, 0.3) is 17.7 Å². The SMILES string of the molecule is COSC(F)(F)C(F)COC(=O)/C(C#N)=C/c1ccc2c(c1)C1CCCC1N2c1ccc(C=C(c2ccccc2)c2ccccc2)cc1. The molecule has 9 heteroatoms. The molecule has 3 unspecified atom stereocenters. The summed E-state index contributed by atoms with van der Waals surface area (Å²) in [6.45, 7) is -1.21. The summed E-state index contributed by atoms with van der Waals surface area (Å²) in [7, 11) is 0.986. The Bertz CT molecular complexity index is 1820. The van der Waals surface area contributed by atoms with Crippen molar-refractivity contribution in [2.45, 2.75) is 42.6 Å².